The number of hydrogen-bond donors (Lipinski definition) is 0. The van der Waals surface area contributed by atoms with E-state index in [2.05, 4.69) is 4.98 Å². The van der Waals surface area contributed by atoms with Crippen LogP contribution in [0.2, 0.25) is 0 Å². The number of ether oxygens (including phenoxy) is 3. The Balaban J connectivity index is 1.90. The van der Waals surface area contributed by atoms with E-state index in [0.29, 0.717) is 32.8 Å². The Morgan fingerprint density at radius 2 is 1.97 bits per heavy atom. The van der Waals surface area contributed by atoms with Crippen molar-refractivity contribution in [3.63, 3.8) is 0 Å². The zero-order valence-corrected chi connectivity index (χ0v) is 17.8. The summed E-state index contributed by atoms with van der Waals surface area (Å²) in [5, 5.41) is 0.391. The van der Waals surface area contributed by atoms with Crippen LogP contribution in [0.1, 0.15) is 38.1 Å². The standard InChI is InChI=1S/C21H22N2O6S/c1-4-28-20(25)15-7-5-6-14(10-15)11-23-12-22-18-16(19(23)24)13(2)17(30-18)21(26)29-9-8-27-3/h5-7,10,12H,4,8-9,11H2,1-3H3. The third-order valence-corrected chi connectivity index (χ3v) is 5.59. The molecule has 0 N–H and O–H groups in total. The second-order valence-electron chi connectivity index (χ2n) is 6.46. The van der Waals surface area contributed by atoms with Crippen LogP contribution in [0, 0.1) is 6.92 Å². The summed E-state index contributed by atoms with van der Waals surface area (Å²) >= 11 is 1.13. The van der Waals surface area contributed by atoms with Crippen molar-refractivity contribution in [3.8, 4) is 0 Å². The Hall–Kier alpha value is -3.04. The molecule has 0 saturated heterocycles. The highest BCUT2D eigenvalue weighted by molar-refractivity contribution is 7.20. The van der Waals surface area contributed by atoms with Crippen molar-refractivity contribution >= 4 is 33.5 Å². The third-order valence-electron chi connectivity index (χ3n) is 4.41. The first-order valence-corrected chi connectivity index (χ1v) is 10.2. The average Bonchev–Trinajstić information content (AvgIpc) is 3.08. The molecule has 0 spiro atoms. The molecule has 158 valence electrons. The lowest BCUT2D eigenvalue weighted by Crippen LogP contribution is -2.21. The van der Waals surface area contributed by atoms with Gasteiger partial charge in [0.05, 0.1) is 37.0 Å². The van der Waals surface area contributed by atoms with Gasteiger partial charge < -0.3 is 14.2 Å². The third kappa shape index (κ3) is 4.58. The van der Waals surface area contributed by atoms with Crippen LogP contribution in [-0.4, -0.2) is 48.4 Å². The Labute approximate surface area is 177 Å². The lowest BCUT2D eigenvalue weighted by Gasteiger charge is -2.08. The Kier molecular flexibility index (Phi) is 6.96. The van der Waals surface area contributed by atoms with Crippen molar-refractivity contribution in [3.05, 3.63) is 62.5 Å². The lowest BCUT2D eigenvalue weighted by molar-refractivity contribution is 0.0392. The molecule has 30 heavy (non-hydrogen) atoms. The molecule has 2 heterocycles. The van der Waals surface area contributed by atoms with Crippen LogP contribution in [0.4, 0.5) is 0 Å². The van der Waals surface area contributed by atoms with E-state index in [1.54, 1.807) is 32.0 Å². The average molecular weight is 430 g/mol. The molecule has 0 aliphatic carbocycles. The maximum absolute atomic E-state index is 13.0. The van der Waals surface area contributed by atoms with E-state index in [-0.39, 0.29) is 25.3 Å². The highest BCUT2D eigenvalue weighted by Crippen LogP contribution is 2.27. The molecule has 0 unspecified atom stereocenters. The van der Waals surface area contributed by atoms with Crippen LogP contribution >= 0.6 is 11.3 Å². The van der Waals surface area contributed by atoms with Crippen molar-refractivity contribution in [2.24, 2.45) is 0 Å². The van der Waals surface area contributed by atoms with E-state index >= 15 is 0 Å². The molecule has 1 aromatic carbocycles. The Bertz CT molecular complexity index is 1130. The van der Waals surface area contributed by atoms with Gasteiger partial charge in [-0.3, -0.25) is 9.36 Å². The van der Waals surface area contributed by atoms with Gasteiger partial charge in [-0.15, -0.1) is 11.3 Å². The van der Waals surface area contributed by atoms with Gasteiger partial charge in [0.25, 0.3) is 5.56 Å². The molecular formula is C21H22N2O6S. The van der Waals surface area contributed by atoms with Crippen LogP contribution in [-0.2, 0) is 20.8 Å². The molecule has 0 fully saturated rings. The smallest absolute Gasteiger partial charge is 0.348 e. The van der Waals surface area contributed by atoms with Crippen LogP contribution in [0.5, 0.6) is 0 Å². The SMILES string of the molecule is CCOC(=O)c1cccc(Cn2cnc3sc(C(=O)OCCOC)c(C)c3c2=O)c1. The quantitative estimate of drug-likeness (QED) is 0.400. The van der Waals surface area contributed by atoms with Crippen LogP contribution < -0.4 is 5.56 Å². The number of nitrogens with zero attached hydrogens (tertiary/aromatic N) is 2. The van der Waals surface area contributed by atoms with E-state index in [0.717, 1.165) is 16.9 Å². The number of aryl methyl sites for hydroxylation is 1. The highest BCUT2D eigenvalue weighted by atomic mass is 32.1. The van der Waals surface area contributed by atoms with Crippen LogP contribution in [0.15, 0.2) is 35.4 Å². The van der Waals surface area contributed by atoms with Gasteiger partial charge in [0, 0.05) is 7.11 Å². The first-order valence-electron chi connectivity index (χ1n) is 9.37. The zero-order valence-electron chi connectivity index (χ0n) is 17.0. The fourth-order valence-electron chi connectivity index (χ4n) is 2.96. The number of carbonyl (C=O) groups excluding carboxylic acids is 2. The summed E-state index contributed by atoms with van der Waals surface area (Å²) in [6.07, 6.45) is 1.44. The predicted molar refractivity (Wildman–Crippen MR) is 112 cm³/mol. The number of carbonyl (C=O) groups is 2. The maximum Gasteiger partial charge on any atom is 0.348 e. The number of esters is 2. The van der Waals surface area contributed by atoms with Crippen molar-refractivity contribution in [1.82, 2.24) is 9.55 Å². The van der Waals surface area contributed by atoms with Gasteiger partial charge >= 0.3 is 11.9 Å². The number of benzene rings is 1. The van der Waals surface area contributed by atoms with E-state index in [9.17, 15) is 14.4 Å². The van der Waals surface area contributed by atoms with E-state index in [1.165, 1.54) is 18.0 Å². The number of fused-ring (bicyclic) bond motifs is 1. The Morgan fingerprint density at radius 3 is 2.70 bits per heavy atom. The summed E-state index contributed by atoms with van der Waals surface area (Å²) in [6.45, 7) is 4.41. The molecule has 3 rings (SSSR count). The van der Waals surface area contributed by atoms with Crippen molar-refractivity contribution in [2.75, 3.05) is 26.9 Å². The second-order valence-corrected chi connectivity index (χ2v) is 7.46. The fourth-order valence-corrected chi connectivity index (χ4v) is 3.99. The van der Waals surface area contributed by atoms with E-state index in [4.69, 9.17) is 14.2 Å². The minimum atomic E-state index is -0.499. The van der Waals surface area contributed by atoms with Gasteiger partial charge in [0.15, 0.2) is 0 Å². The molecular weight excluding hydrogens is 408 g/mol. The van der Waals surface area contributed by atoms with Gasteiger partial charge in [0.1, 0.15) is 16.3 Å². The number of methoxy groups -OCH3 is 1. The summed E-state index contributed by atoms with van der Waals surface area (Å²) < 4.78 is 16.5. The largest absolute Gasteiger partial charge is 0.462 e. The molecule has 0 amide bonds. The topological polar surface area (TPSA) is 96.7 Å². The molecule has 0 saturated carbocycles. The van der Waals surface area contributed by atoms with Crippen LogP contribution in [0.25, 0.3) is 10.2 Å². The van der Waals surface area contributed by atoms with E-state index < -0.39 is 11.9 Å². The minimum absolute atomic E-state index is 0.136. The van der Waals surface area contributed by atoms with Gasteiger partial charge in [-0.1, -0.05) is 12.1 Å². The van der Waals surface area contributed by atoms with Crippen molar-refractivity contribution in [2.45, 2.75) is 20.4 Å². The zero-order chi connectivity index (χ0) is 21.7. The number of aromatic nitrogens is 2. The molecule has 2 aromatic heterocycles. The van der Waals surface area contributed by atoms with Gasteiger partial charge in [-0.05, 0) is 37.1 Å². The molecule has 9 heteroatoms. The molecule has 0 atom stereocenters. The first-order chi connectivity index (χ1) is 14.5. The lowest BCUT2D eigenvalue weighted by atomic mass is 10.1. The summed E-state index contributed by atoms with van der Waals surface area (Å²) in [5.74, 6) is -0.911. The monoisotopic (exact) mass is 430 g/mol. The van der Waals surface area contributed by atoms with Gasteiger partial charge in [-0.2, -0.15) is 0 Å². The molecule has 0 aliphatic rings. The fraction of sp³-hybridized carbons (Fsp3) is 0.333. The Morgan fingerprint density at radius 1 is 1.17 bits per heavy atom. The summed E-state index contributed by atoms with van der Waals surface area (Å²) in [6, 6.07) is 6.91. The highest BCUT2D eigenvalue weighted by Gasteiger charge is 2.20. The van der Waals surface area contributed by atoms with Gasteiger partial charge in [0.2, 0.25) is 0 Å². The first kappa shape index (κ1) is 21.7. The molecule has 3 aromatic rings. The number of hydrogen-bond acceptors (Lipinski definition) is 8. The van der Waals surface area contributed by atoms with Crippen molar-refractivity contribution < 1.29 is 23.8 Å². The van der Waals surface area contributed by atoms with Crippen molar-refractivity contribution in [1.29, 1.82) is 0 Å². The summed E-state index contributed by atoms with van der Waals surface area (Å²) in [7, 11) is 1.52. The van der Waals surface area contributed by atoms with Gasteiger partial charge in [-0.25, -0.2) is 14.6 Å². The predicted octanol–water partition coefficient (Wildman–Crippen LogP) is 2.79. The summed E-state index contributed by atoms with van der Waals surface area (Å²) in [4.78, 5) is 42.5. The van der Waals surface area contributed by atoms with E-state index in [1.807, 2.05) is 6.07 Å². The second kappa shape index (κ2) is 9.64. The van der Waals surface area contributed by atoms with Crippen LogP contribution in [0.3, 0.4) is 0 Å². The summed E-state index contributed by atoms with van der Waals surface area (Å²) in [5.41, 5.74) is 1.47. The molecule has 0 bridgehead atoms. The maximum atomic E-state index is 13.0. The molecule has 0 aliphatic heterocycles. The molecule has 8 nitrogen and oxygen atoms in total. The number of thiophene rings is 1. The molecule has 0 radical (unpaired) electrons. The number of rotatable bonds is 8. The normalized spacial score (nSPS) is 10.9. The minimum Gasteiger partial charge on any atom is -0.462 e.